The molecule has 1 fully saturated rings. The second kappa shape index (κ2) is 7.80. The van der Waals surface area contributed by atoms with E-state index in [0.29, 0.717) is 24.8 Å². The number of aromatic hydroxyl groups is 1. The van der Waals surface area contributed by atoms with Gasteiger partial charge >= 0.3 is 0 Å². The van der Waals surface area contributed by atoms with Crippen molar-refractivity contribution in [3.05, 3.63) is 27.3 Å². The Kier molecular flexibility index (Phi) is 6.06. The van der Waals surface area contributed by atoms with Crippen LogP contribution in [0.25, 0.3) is 0 Å². The lowest BCUT2D eigenvalue weighted by molar-refractivity contribution is 0.0343. The Bertz CT molecular complexity index is 462. The molecule has 20 heavy (non-hydrogen) atoms. The van der Waals surface area contributed by atoms with Gasteiger partial charge in [-0.05, 0) is 66.7 Å². The molecule has 1 aromatic rings. The SMILES string of the molecule is O=C(NCCOC1CCNCC1)c1cc(I)ccc1O. The minimum atomic E-state index is -0.269. The number of hydrogen-bond donors (Lipinski definition) is 3. The minimum absolute atomic E-state index is 0.00203. The molecule has 1 heterocycles. The van der Waals surface area contributed by atoms with Crippen LogP contribution in [0.2, 0.25) is 0 Å². The van der Waals surface area contributed by atoms with E-state index in [1.165, 1.54) is 6.07 Å². The first-order chi connectivity index (χ1) is 9.66. The fourth-order valence-corrected chi connectivity index (χ4v) is 2.63. The number of hydrogen-bond acceptors (Lipinski definition) is 4. The number of carbonyl (C=O) groups excluding carboxylic acids is 1. The predicted molar refractivity (Wildman–Crippen MR) is 85.0 cm³/mol. The van der Waals surface area contributed by atoms with E-state index in [1.807, 2.05) is 0 Å². The van der Waals surface area contributed by atoms with Gasteiger partial charge in [0.2, 0.25) is 0 Å². The van der Waals surface area contributed by atoms with Crippen LogP contribution in [0.15, 0.2) is 18.2 Å². The Morgan fingerprint density at radius 1 is 1.45 bits per heavy atom. The molecule has 1 aromatic carbocycles. The zero-order chi connectivity index (χ0) is 14.4. The van der Waals surface area contributed by atoms with Crippen LogP contribution in [0, 0.1) is 3.57 Å². The summed E-state index contributed by atoms with van der Waals surface area (Å²) in [7, 11) is 0. The lowest BCUT2D eigenvalue weighted by atomic mass is 10.1. The maximum atomic E-state index is 11.9. The molecule has 0 aliphatic carbocycles. The molecule has 3 N–H and O–H groups in total. The van der Waals surface area contributed by atoms with Gasteiger partial charge in [-0.25, -0.2) is 0 Å². The van der Waals surface area contributed by atoms with Gasteiger partial charge in [-0.2, -0.15) is 0 Å². The Morgan fingerprint density at radius 2 is 2.20 bits per heavy atom. The summed E-state index contributed by atoms with van der Waals surface area (Å²) in [5.74, 6) is -0.267. The summed E-state index contributed by atoms with van der Waals surface area (Å²) in [6, 6.07) is 4.95. The Balaban J connectivity index is 1.73. The van der Waals surface area contributed by atoms with Crippen molar-refractivity contribution >= 4 is 28.5 Å². The molecular formula is C14H19IN2O3. The van der Waals surface area contributed by atoms with E-state index in [4.69, 9.17) is 4.74 Å². The first kappa shape index (κ1) is 15.5. The smallest absolute Gasteiger partial charge is 0.255 e. The molecule has 0 saturated carbocycles. The van der Waals surface area contributed by atoms with Gasteiger partial charge in [0.05, 0.1) is 18.3 Å². The van der Waals surface area contributed by atoms with Crippen LogP contribution in [0.5, 0.6) is 5.75 Å². The molecule has 0 spiro atoms. The van der Waals surface area contributed by atoms with Crippen molar-refractivity contribution < 1.29 is 14.6 Å². The van der Waals surface area contributed by atoms with Crippen molar-refractivity contribution in [2.24, 2.45) is 0 Å². The molecule has 0 unspecified atom stereocenters. The van der Waals surface area contributed by atoms with Gasteiger partial charge in [0.15, 0.2) is 0 Å². The van der Waals surface area contributed by atoms with E-state index in [2.05, 4.69) is 33.2 Å². The number of phenols is 1. The Labute approximate surface area is 132 Å². The average molecular weight is 390 g/mol. The topological polar surface area (TPSA) is 70.6 Å². The number of ether oxygens (including phenoxy) is 1. The molecule has 2 rings (SSSR count). The van der Waals surface area contributed by atoms with Gasteiger partial charge in [-0.15, -0.1) is 0 Å². The van der Waals surface area contributed by atoms with Crippen LogP contribution >= 0.6 is 22.6 Å². The number of phenolic OH excluding ortho intramolecular Hbond substituents is 1. The third kappa shape index (κ3) is 4.60. The summed E-state index contributed by atoms with van der Waals surface area (Å²) in [5, 5.41) is 15.7. The maximum Gasteiger partial charge on any atom is 0.255 e. The summed E-state index contributed by atoms with van der Waals surface area (Å²) in [6.45, 7) is 2.94. The average Bonchev–Trinajstić information content (AvgIpc) is 2.47. The highest BCUT2D eigenvalue weighted by atomic mass is 127. The highest BCUT2D eigenvalue weighted by Crippen LogP contribution is 2.19. The number of amides is 1. The molecule has 1 saturated heterocycles. The summed E-state index contributed by atoms with van der Waals surface area (Å²) < 4.78 is 6.62. The van der Waals surface area contributed by atoms with Gasteiger partial charge in [0.1, 0.15) is 5.75 Å². The zero-order valence-corrected chi connectivity index (χ0v) is 13.4. The minimum Gasteiger partial charge on any atom is -0.507 e. The van der Waals surface area contributed by atoms with Crippen molar-refractivity contribution in [3.63, 3.8) is 0 Å². The molecule has 1 aliphatic rings. The van der Waals surface area contributed by atoms with Gasteiger partial charge in [-0.3, -0.25) is 4.79 Å². The number of benzene rings is 1. The third-order valence-corrected chi connectivity index (χ3v) is 3.90. The lowest BCUT2D eigenvalue weighted by Crippen LogP contribution is -2.34. The number of nitrogens with one attached hydrogen (secondary N) is 2. The van der Waals surface area contributed by atoms with Crippen LogP contribution in [-0.4, -0.2) is 43.4 Å². The van der Waals surface area contributed by atoms with Crippen molar-refractivity contribution in [1.82, 2.24) is 10.6 Å². The van der Waals surface area contributed by atoms with Crippen molar-refractivity contribution in [2.75, 3.05) is 26.2 Å². The summed E-state index contributed by atoms with van der Waals surface area (Å²) >= 11 is 2.11. The number of carbonyl (C=O) groups is 1. The first-order valence-electron chi connectivity index (χ1n) is 6.76. The highest BCUT2D eigenvalue weighted by molar-refractivity contribution is 14.1. The standard InChI is InChI=1S/C14H19IN2O3/c15-10-1-2-13(18)12(9-10)14(19)17-7-8-20-11-3-5-16-6-4-11/h1-2,9,11,16,18H,3-8H2,(H,17,19). The quantitative estimate of drug-likeness (QED) is 0.527. The molecule has 110 valence electrons. The molecule has 1 amide bonds. The van der Waals surface area contributed by atoms with Gasteiger partial charge in [0, 0.05) is 10.1 Å². The van der Waals surface area contributed by atoms with Crippen LogP contribution < -0.4 is 10.6 Å². The Hall–Kier alpha value is -0.860. The second-order valence-corrected chi connectivity index (χ2v) is 5.98. The van der Waals surface area contributed by atoms with Gasteiger partial charge < -0.3 is 20.5 Å². The third-order valence-electron chi connectivity index (χ3n) is 3.23. The van der Waals surface area contributed by atoms with Crippen LogP contribution in [0.1, 0.15) is 23.2 Å². The van der Waals surface area contributed by atoms with Gasteiger partial charge in [-0.1, -0.05) is 0 Å². The summed E-state index contributed by atoms with van der Waals surface area (Å²) in [5.41, 5.74) is 0.304. The second-order valence-electron chi connectivity index (χ2n) is 4.74. The maximum absolute atomic E-state index is 11.9. The molecule has 6 heteroatoms. The largest absolute Gasteiger partial charge is 0.507 e. The fraction of sp³-hybridized carbons (Fsp3) is 0.500. The van der Waals surface area contributed by atoms with Crippen LogP contribution in [0.3, 0.4) is 0 Å². The summed E-state index contributed by atoms with van der Waals surface area (Å²) in [4.78, 5) is 11.9. The van der Waals surface area contributed by atoms with Crippen molar-refractivity contribution in [3.8, 4) is 5.75 Å². The Morgan fingerprint density at radius 3 is 2.95 bits per heavy atom. The molecule has 0 atom stereocenters. The molecule has 0 radical (unpaired) electrons. The number of rotatable bonds is 5. The van der Waals surface area contributed by atoms with E-state index < -0.39 is 0 Å². The fourth-order valence-electron chi connectivity index (χ4n) is 2.14. The van der Waals surface area contributed by atoms with Crippen LogP contribution in [-0.2, 0) is 4.74 Å². The predicted octanol–water partition coefficient (Wildman–Crippen LogP) is 1.50. The molecule has 5 nitrogen and oxygen atoms in total. The normalized spacial score (nSPS) is 16.1. The van der Waals surface area contributed by atoms with Crippen LogP contribution in [0.4, 0.5) is 0 Å². The van der Waals surface area contributed by atoms with Crippen molar-refractivity contribution in [2.45, 2.75) is 18.9 Å². The lowest BCUT2D eigenvalue weighted by Gasteiger charge is -2.22. The van der Waals surface area contributed by atoms with E-state index in [0.717, 1.165) is 29.5 Å². The number of piperidine rings is 1. The van der Waals surface area contributed by atoms with Crippen molar-refractivity contribution in [1.29, 1.82) is 0 Å². The summed E-state index contributed by atoms with van der Waals surface area (Å²) in [6.07, 6.45) is 2.33. The van der Waals surface area contributed by atoms with E-state index >= 15 is 0 Å². The molecule has 1 aliphatic heterocycles. The highest BCUT2D eigenvalue weighted by Gasteiger charge is 2.14. The number of halogens is 1. The monoisotopic (exact) mass is 390 g/mol. The van der Waals surface area contributed by atoms with E-state index in [9.17, 15) is 9.90 Å². The van der Waals surface area contributed by atoms with E-state index in [-0.39, 0.29) is 11.7 Å². The molecule has 0 aromatic heterocycles. The zero-order valence-electron chi connectivity index (χ0n) is 11.2. The van der Waals surface area contributed by atoms with E-state index in [1.54, 1.807) is 12.1 Å². The molecular weight excluding hydrogens is 371 g/mol. The first-order valence-corrected chi connectivity index (χ1v) is 7.84. The molecule has 0 bridgehead atoms. The van der Waals surface area contributed by atoms with Gasteiger partial charge in [0.25, 0.3) is 5.91 Å².